The summed E-state index contributed by atoms with van der Waals surface area (Å²) >= 11 is 0. The van der Waals surface area contributed by atoms with Crippen molar-refractivity contribution in [1.29, 1.82) is 0 Å². The van der Waals surface area contributed by atoms with E-state index >= 15 is 0 Å². The van der Waals surface area contributed by atoms with Crippen LogP contribution in [0.25, 0.3) is 55.6 Å². The van der Waals surface area contributed by atoms with Gasteiger partial charge in [0.25, 0.3) is 0 Å². The van der Waals surface area contributed by atoms with Crippen LogP contribution in [0.5, 0.6) is 0 Å². The molecule has 0 spiro atoms. The van der Waals surface area contributed by atoms with Crippen molar-refractivity contribution in [3.05, 3.63) is 138 Å². The Balaban J connectivity index is 0.000000223. The van der Waals surface area contributed by atoms with Gasteiger partial charge in [-0.1, -0.05) is 138 Å². The van der Waals surface area contributed by atoms with Gasteiger partial charge in [0.05, 0.1) is 13.7 Å². The van der Waals surface area contributed by atoms with Crippen LogP contribution in [-0.2, 0) is 26.5 Å². The van der Waals surface area contributed by atoms with Crippen molar-refractivity contribution in [2.45, 2.75) is 73.4 Å². The van der Waals surface area contributed by atoms with E-state index in [0.717, 1.165) is 49.9 Å². The maximum Gasteiger partial charge on any atom is 0.121 e. The van der Waals surface area contributed by atoms with E-state index in [-0.39, 0.29) is 25.7 Å². The molecule has 0 amide bonds. The molecule has 4 aromatic carbocycles. The van der Waals surface area contributed by atoms with E-state index in [0.29, 0.717) is 16.8 Å². The number of aromatic nitrogens is 2. The van der Waals surface area contributed by atoms with Gasteiger partial charge in [0.15, 0.2) is 0 Å². The van der Waals surface area contributed by atoms with Crippen LogP contribution < -0.4 is 5.19 Å². The third kappa shape index (κ3) is 9.02. The number of hydrogen-bond acceptors (Lipinski definition) is 3. The van der Waals surface area contributed by atoms with Crippen LogP contribution >= 0.6 is 0 Å². The van der Waals surface area contributed by atoms with E-state index in [4.69, 9.17) is 12.6 Å². The van der Waals surface area contributed by atoms with E-state index in [1.807, 2.05) is 83.3 Å². The standard InChI is InChI=1S/C28H24NO.C18H24NSi.Ir/c1-28(2,3)18-19-14-15-29-25(16-19)24-11-7-10-23-22-13-12-21(17-26(22)30-27(23)24)20-8-5-4-6-9-20;1-13(2)16-11-17(15-9-7-14(3)8-10-15)19-12-18(16)20(4,5)6;/h4-10,12-17H,18H2,1-3H3;7-9,11-13H,1-6H3;/q2*-1;/i18D2;3D3,13D;. The molecule has 0 fully saturated rings. The van der Waals surface area contributed by atoms with Gasteiger partial charge in [-0.3, -0.25) is 0 Å². The second kappa shape index (κ2) is 15.6. The van der Waals surface area contributed by atoms with E-state index in [9.17, 15) is 0 Å². The average molecular weight is 871 g/mol. The van der Waals surface area contributed by atoms with Gasteiger partial charge in [-0.15, -0.1) is 53.6 Å². The maximum atomic E-state index is 8.64. The number of nitrogens with zero attached hydrogens (tertiary/aromatic N) is 2. The van der Waals surface area contributed by atoms with Gasteiger partial charge in [-0.05, 0) is 57.5 Å². The zero-order chi connectivity index (χ0) is 40.8. The largest absolute Gasteiger partial charge is 0.501 e. The van der Waals surface area contributed by atoms with Crippen LogP contribution in [0.4, 0.5) is 0 Å². The molecule has 3 nitrogen and oxygen atoms in total. The summed E-state index contributed by atoms with van der Waals surface area (Å²) in [5.74, 6) is -0.716. The fourth-order valence-corrected chi connectivity index (χ4v) is 7.60. The fourth-order valence-electron chi connectivity index (χ4n) is 6.02. The minimum absolute atomic E-state index is 0. The maximum absolute atomic E-state index is 8.64. The van der Waals surface area contributed by atoms with Crippen molar-refractivity contribution in [3.63, 3.8) is 0 Å². The van der Waals surface area contributed by atoms with E-state index in [2.05, 4.69) is 72.1 Å². The minimum Gasteiger partial charge on any atom is -0.501 e. The normalized spacial score (nSPS) is 14.2. The van der Waals surface area contributed by atoms with Crippen LogP contribution in [0.15, 0.2) is 114 Å². The molecule has 0 aliphatic rings. The first-order valence-electron chi connectivity index (χ1n) is 20.0. The Morgan fingerprint density at radius 2 is 1.65 bits per heavy atom. The number of pyridine rings is 2. The van der Waals surface area contributed by atoms with Crippen molar-refractivity contribution in [2.24, 2.45) is 5.41 Å². The molecule has 5 heteroatoms. The van der Waals surface area contributed by atoms with E-state index in [1.165, 1.54) is 11.3 Å². The zero-order valence-electron chi connectivity index (χ0n) is 36.5. The zero-order valence-corrected chi connectivity index (χ0v) is 33.9. The smallest absolute Gasteiger partial charge is 0.121 e. The molecular formula is C46H48IrN2OSi-2. The van der Waals surface area contributed by atoms with Crippen molar-refractivity contribution in [3.8, 4) is 33.6 Å². The SMILES string of the molecule is [2H]C([2H])([2H])c1c[c-]c(-c2cc(C([2H])(C)C)c([Si](C)(C)C)cn2)cc1.[2H]C([2H])(c1ccnc(-c2[c-]ccc3c2oc2cc(-c4ccccc4)ccc23)c1)C(C)(C)C.[Ir]. The van der Waals surface area contributed by atoms with Gasteiger partial charge in [-0.25, -0.2) is 0 Å². The van der Waals surface area contributed by atoms with Crippen LogP contribution in [0.2, 0.25) is 19.6 Å². The Hall–Kier alpha value is -4.15. The number of fused-ring (bicyclic) bond motifs is 3. The van der Waals surface area contributed by atoms with E-state index < -0.39 is 32.6 Å². The van der Waals surface area contributed by atoms with Gasteiger partial charge in [0, 0.05) is 46.1 Å². The molecule has 0 saturated heterocycles. The molecule has 0 N–H and O–H groups in total. The molecule has 0 aliphatic carbocycles. The van der Waals surface area contributed by atoms with Gasteiger partial charge >= 0.3 is 0 Å². The Morgan fingerprint density at radius 1 is 0.863 bits per heavy atom. The van der Waals surface area contributed by atoms with Crippen molar-refractivity contribution < 1.29 is 32.7 Å². The Bertz CT molecular complexity index is 2500. The first-order valence-corrected chi connectivity index (χ1v) is 20.5. The predicted molar refractivity (Wildman–Crippen MR) is 215 cm³/mol. The molecule has 263 valence electrons. The molecule has 7 rings (SSSR count). The number of furan rings is 1. The molecule has 3 aromatic heterocycles. The second-order valence-electron chi connectivity index (χ2n) is 14.9. The molecule has 0 unspecified atom stereocenters. The summed E-state index contributed by atoms with van der Waals surface area (Å²) < 4.78 is 54.4. The molecular weight excluding hydrogens is 817 g/mol. The molecule has 3 heterocycles. The Labute approximate surface area is 327 Å². The topological polar surface area (TPSA) is 38.9 Å². The van der Waals surface area contributed by atoms with Gasteiger partial charge < -0.3 is 14.4 Å². The summed E-state index contributed by atoms with van der Waals surface area (Å²) in [6.07, 6.45) is 2.05. The predicted octanol–water partition coefficient (Wildman–Crippen LogP) is 12.2. The quantitative estimate of drug-likeness (QED) is 0.123. The van der Waals surface area contributed by atoms with Crippen molar-refractivity contribution in [1.82, 2.24) is 9.97 Å². The molecule has 51 heavy (non-hydrogen) atoms. The summed E-state index contributed by atoms with van der Waals surface area (Å²) in [5.41, 5.74) is 7.94. The summed E-state index contributed by atoms with van der Waals surface area (Å²) in [4.78, 5) is 9.09. The second-order valence-corrected chi connectivity index (χ2v) is 20.0. The van der Waals surface area contributed by atoms with Crippen LogP contribution in [0, 0.1) is 24.4 Å². The monoisotopic (exact) mass is 871 g/mol. The van der Waals surface area contributed by atoms with Crippen molar-refractivity contribution in [2.75, 3.05) is 0 Å². The third-order valence-corrected chi connectivity index (χ3v) is 10.4. The fraction of sp³-hybridized carbons (Fsp3) is 0.261. The summed E-state index contributed by atoms with van der Waals surface area (Å²) in [6, 6.07) is 37.0. The van der Waals surface area contributed by atoms with Gasteiger partial charge in [0.1, 0.15) is 5.58 Å². The summed E-state index contributed by atoms with van der Waals surface area (Å²) in [6.45, 7) is 14.1. The molecule has 0 atom stereocenters. The van der Waals surface area contributed by atoms with Crippen LogP contribution in [0.3, 0.4) is 0 Å². The first-order chi connectivity index (χ1) is 26.1. The first kappa shape index (κ1) is 30.5. The molecule has 0 saturated carbocycles. The Kier molecular flexibility index (Phi) is 9.33. The van der Waals surface area contributed by atoms with Gasteiger partial charge in [-0.2, -0.15) is 0 Å². The number of benzene rings is 4. The molecule has 0 bridgehead atoms. The number of aryl methyl sites for hydroxylation is 1. The average Bonchev–Trinajstić information content (AvgIpc) is 3.52. The summed E-state index contributed by atoms with van der Waals surface area (Å²) in [5, 5.41) is 3.22. The van der Waals surface area contributed by atoms with Gasteiger partial charge in [0.2, 0.25) is 0 Å². The van der Waals surface area contributed by atoms with E-state index in [1.54, 1.807) is 24.4 Å². The molecule has 1 radical (unpaired) electrons. The Morgan fingerprint density at radius 3 is 2.31 bits per heavy atom. The van der Waals surface area contributed by atoms with Crippen molar-refractivity contribution >= 4 is 35.2 Å². The molecule has 7 aromatic rings. The summed E-state index contributed by atoms with van der Waals surface area (Å²) in [7, 11) is -1.61. The minimum atomic E-state index is -2.13. The third-order valence-electron chi connectivity index (χ3n) is 8.42. The van der Waals surface area contributed by atoms with Crippen LogP contribution in [0.1, 0.15) is 65.4 Å². The number of rotatable bonds is 6. The molecule has 0 aliphatic heterocycles. The van der Waals surface area contributed by atoms with Crippen LogP contribution in [-0.4, -0.2) is 18.0 Å². The number of hydrogen-bond donors (Lipinski definition) is 0.